The first-order chi connectivity index (χ1) is 8.41. The first-order valence-electron chi connectivity index (χ1n) is 5.53. The van der Waals surface area contributed by atoms with Crippen molar-refractivity contribution >= 4 is 5.69 Å². The van der Waals surface area contributed by atoms with Crippen molar-refractivity contribution in [2.24, 2.45) is 0 Å². The summed E-state index contributed by atoms with van der Waals surface area (Å²) in [5.74, 6) is 0.0754. The van der Waals surface area contributed by atoms with Crippen molar-refractivity contribution in [2.45, 2.75) is 19.4 Å². The SMILES string of the molecule is CC(C)(O)c1cnnc(-c2ccccc2O)c1N. The summed E-state index contributed by atoms with van der Waals surface area (Å²) in [5.41, 5.74) is 6.55. The lowest BCUT2D eigenvalue weighted by atomic mass is 9.96. The number of aromatic hydroxyl groups is 1. The lowest BCUT2D eigenvalue weighted by molar-refractivity contribution is 0.0789. The molecular weight excluding hydrogens is 230 g/mol. The highest BCUT2D eigenvalue weighted by Crippen LogP contribution is 2.35. The number of aromatic nitrogens is 2. The average molecular weight is 245 g/mol. The molecule has 5 nitrogen and oxygen atoms in total. The van der Waals surface area contributed by atoms with E-state index in [0.29, 0.717) is 22.5 Å². The molecule has 0 bridgehead atoms. The van der Waals surface area contributed by atoms with E-state index in [0.717, 1.165) is 0 Å². The van der Waals surface area contributed by atoms with Gasteiger partial charge in [-0.3, -0.25) is 0 Å². The zero-order valence-electron chi connectivity index (χ0n) is 10.3. The smallest absolute Gasteiger partial charge is 0.125 e. The summed E-state index contributed by atoms with van der Waals surface area (Å²) in [6, 6.07) is 6.73. The fraction of sp³-hybridized carbons (Fsp3) is 0.231. The van der Waals surface area contributed by atoms with E-state index in [-0.39, 0.29) is 5.75 Å². The Morgan fingerprint density at radius 2 is 1.89 bits per heavy atom. The van der Waals surface area contributed by atoms with Crippen LogP contribution in [0.15, 0.2) is 30.5 Å². The topological polar surface area (TPSA) is 92.3 Å². The van der Waals surface area contributed by atoms with Gasteiger partial charge in [-0.15, -0.1) is 5.10 Å². The second kappa shape index (κ2) is 4.27. The van der Waals surface area contributed by atoms with Crippen molar-refractivity contribution in [1.29, 1.82) is 0 Å². The van der Waals surface area contributed by atoms with Crippen LogP contribution in [0.2, 0.25) is 0 Å². The molecule has 0 aliphatic rings. The predicted octanol–water partition coefficient (Wildman–Crippen LogP) is 1.66. The summed E-state index contributed by atoms with van der Waals surface area (Å²) in [6.07, 6.45) is 1.43. The summed E-state index contributed by atoms with van der Waals surface area (Å²) < 4.78 is 0. The molecule has 0 unspecified atom stereocenters. The molecule has 0 spiro atoms. The molecule has 0 amide bonds. The van der Waals surface area contributed by atoms with Gasteiger partial charge in [-0.25, -0.2) is 0 Å². The van der Waals surface area contributed by atoms with E-state index < -0.39 is 5.60 Å². The molecule has 94 valence electrons. The van der Waals surface area contributed by atoms with Crippen molar-refractivity contribution in [3.05, 3.63) is 36.0 Å². The Labute approximate surface area is 105 Å². The quantitative estimate of drug-likeness (QED) is 0.748. The zero-order valence-corrected chi connectivity index (χ0v) is 10.3. The van der Waals surface area contributed by atoms with Crippen LogP contribution in [0.3, 0.4) is 0 Å². The largest absolute Gasteiger partial charge is 0.507 e. The van der Waals surface area contributed by atoms with Crippen LogP contribution in [0.5, 0.6) is 5.75 Å². The molecular formula is C13H15N3O2. The van der Waals surface area contributed by atoms with Crippen LogP contribution < -0.4 is 5.73 Å². The number of anilines is 1. The normalized spacial score (nSPS) is 11.5. The molecule has 0 saturated heterocycles. The number of phenolic OH excluding ortho intramolecular Hbond substituents is 1. The molecule has 5 heteroatoms. The van der Waals surface area contributed by atoms with Gasteiger partial charge in [0, 0.05) is 11.1 Å². The maximum Gasteiger partial charge on any atom is 0.125 e. The molecule has 2 aromatic rings. The van der Waals surface area contributed by atoms with Crippen LogP contribution in [0, 0.1) is 0 Å². The molecule has 1 heterocycles. The maximum absolute atomic E-state index is 10.0. The molecule has 18 heavy (non-hydrogen) atoms. The van der Waals surface area contributed by atoms with E-state index in [1.165, 1.54) is 6.20 Å². The van der Waals surface area contributed by atoms with Crippen LogP contribution >= 0.6 is 0 Å². The zero-order chi connectivity index (χ0) is 13.3. The number of hydrogen-bond donors (Lipinski definition) is 3. The predicted molar refractivity (Wildman–Crippen MR) is 68.8 cm³/mol. The van der Waals surface area contributed by atoms with Gasteiger partial charge in [-0.05, 0) is 26.0 Å². The Hall–Kier alpha value is -2.14. The summed E-state index contributed by atoms with van der Waals surface area (Å²) in [4.78, 5) is 0. The Bertz CT molecular complexity index is 577. The maximum atomic E-state index is 10.0. The first-order valence-corrected chi connectivity index (χ1v) is 5.53. The van der Waals surface area contributed by atoms with Gasteiger partial charge >= 0.3 is 0 Å². The molecule has 0 aliphatic heterocycles. The number of nitrogen functional groups attached to an aromatic ring is 1. The number of phenols is 1. The van der Waals surface area contributed by atoms with Gasteiger partial charge in [0.05, 0.1) is 17.5 Å². The van der Waals surface area contributed by atoms with E-state index in [1.807, 2.05) is 0 Å². The number of hydrogen-bond acceptors (Lipinski definition) is 5. The molecule has 0 radical (unpaired) electrons. The summed E-state index contributed by atoms with van der Waals surface area (Å²) in [5, 5.41) is 27.6. The minimum atomic E-state index is -1.11. The second-order valence-corrected chi connectivity index (χ2v) is 4.60. The van der Waals surface area contributed by atoms with Crippen LogP contribution in [0.25, 0.3) is 11.3 Å². The van der Waals surface area contributed by atoms with Gasteiger partial charge in [0.25, 0.3) is 0 Å². The summed E-state index contributed by atoms with van der Waals surface area (Å²) in [6.45, 7) is 3.24. The van der Waals surface area contributed by atoms with Crippen molar-refractivity contribution in [3.8, 4) is 17.0 Å². The monoisotopic (exact) mass is 245 g/mol. The standard InChI is InChI=1S/C13H15N3O2/c1-13(2,18)9-7-15-16-12(11(9)14)8-5-3-4-6-10(8)17/h3-7,17-18H,1-2H3,(H2,14,15). The van der Waals surface area contributed by atoms with Gasteiger partial charge in [-0.2, -0.15) is 5.10 Å². The second-order valence-electron chi connectivity index (χ2n) is 4.60. The fourth-order valence-electron chi connectivity index (χ4n) is 1.76. The summed E-state index contributed by atoms with van der Waals surface area (Å²) >= 11 is 0. The van der Waals surface area contributed by atoms with Crippen LogP contribution in [0.1, 0.15) is 19.4 Å². The van der Waals surface area contributed by atoms with Gasteiger partial charge < -0.3 is 15.9 Å². The third-order valence-electron chi connectivity index (χ3n) is 2.71. The van der Waals surface area contributed by atoms with Gasteiger partial charge in [0.15, 0.2) is 0 Å². The Kier molecular flexibility index (Phi) is 2.92. The van der Waals surface area contributed by atoms with E-state index in [1.54, 1.807) is 38.1 Å². The Balaban J connectivity index is 2.64. The number of aliphatic hydroxyl groups is 1. The third-order valence-corrected chi connectivity index (χ3v) is 2.71. The minimum absolute atomic E-state index is 0.0754. The number of benzene rings is 1. The lowest BCUT2D eigenvalue weighted by Gasteiger charge is -2.20. The highest BCUT2D eigenvalue weighted by molar-refractivity contribution is 5.78. The molecule has 0 fully saturated rings. The lowest BCUT2D eigenvalue weighted by Crippen LogP contribution is -2.19. The highest BCUT2D eigenvalue weighted by atomic mass is 16.3. The van der Waals surface area contributed by atoms with E-state index in [2.05, 4.69) is 10.2 Å². The number of nitrogens with zero attached hydrogens (tertiary/aromatic N) is 2. The molecule has 4 N–H and O–H groups in total. The van der Waals surface area contributed by atoms with Crippen molar-refractivity contribution < 1.29 is 10.2 Å². The third kappa shape index (κ3) is 2.12. The molecule has 0 aliphatic carbocycles. The van der Waals surface area contributed by atoms with E-state index >= 15 is 0 Å². The first kappa shape index (κ1) is 12.3. The minimum Gasteiger partial charge on any atom is -0.507 e. The van der Waals surface area contributed by atoms with Gasteiger partial charge in [0.1, 0.15) is 11.4 Å². The van der Waals surface area contributed by atoms with Crippen molar-refractivity contribution in [3.63, 3.8) is 0 Å². The molecule has 0 atom stereocenters. The average Bonchev–Trinajstić information content (AvgIpc) is 2.29. The molecule has 1 aromatic carbocycles. The number of para-hydroxylation sites is 1. The molecule has 1 aromatic heterocycles. The number of nitrogens with two attached hydrogens (primary N) is 1. The highest BCUT2D eigenvalue weighted by Gasteiger charge is 2.23. The van der Waals surface area contributed by atoms with Gasteiger partial charge in [0.2, 0.25) is 0 Å². The Morgan fingerprint density at radius 3 is 2.50 bits per heavy atom. The van der Waals surface area contributed by atoms with Crippen LogP contribution in [0.4, 0.5) is 5.69 Å². The summed E-state index contributed by atoms with van der Waals surface area (Å²) in [7, 11) is 0. The molecule has 2 rings (SSSR count). The van der Waals surface area contributed by atoms with E-state index in [9.17, 15) is 10.2 Å². The van der Waals surface area contributed by atoms with Crippen LogP contribution in [-0.2, 0) is 5.60 Å². The van der Waals surface area contributed by atoms with Crippen LogP contribution in [-0.4, -0.2) is 20.4 Å². The number of rotatable bonds is 2. The Morgan fingerprint density at radius 1 is 1.22 bits per heavy atom. The van der Waals surface area contributed by atoms with E-state index in [4.69, 9.17) is 5.73 Å². The van der Waals surface area contributed by atoms with Crippen molar-refractivity contribution in [1.82, 2.24) is 10.2 Å². The van der Waals surface area contributed by atoms with Crippen molar-refractivity contribution in [2.75, 3.05) is 5.73 Å². The fourth-order valence-corrected chi connectivity index (χ4v) is 1.76. The molecule has 0 saturated carbocycles. The van der Waals surface area contributed by atoms with Gasteiger partial charge in [-0.1, -0.05) is 12.1 Å².